The zero-order valence-corrected chi connectivity index (χ0v) is 13.5. The minimum atomic E-state index is -0.132. The first-order valence-corrected chi connectivity index (χ1v) is 8.89. The van der Waals surface area contributed by atoms with Gasteiger partial charge in [-0.25, -0.2) is 9.97 Å². The van der Waals surface area contributed by atoms with Gasteiger partial charge in [-0.2, -0.15) is 0 Å². The Hall–Kier alpha value is -1.80. The molecule has 1 aliphatic carbocycles. The highest BCUT2D eigenvalue weighted by Crippen LogP contribution is 2.20. The maximum absolute atomic E-state index is 12.0. The van der Waals surface area contributed by atoms with Gasteiger partial charge in [0, 0.05) is 35.2 Å². The first-order valence-electron chi connectivity index (χ1n) is 7.13. The summed E-state index contributed by atoms with van der Waals surface area (Å²) in [6.45, 7) is 0. The summed E-state index contributed by atoms with van der Waals surface area (Å²) in [4.78, 5) is 32.1. The molecule has 116 valence electrons. The average molecular weight is 336 g/mol. The predicted molar refractivity (Wildman–Crippen MR) is 85.2 cm³/mol. The molecule has 2 heterocycles. The Morgan fingerprint density at radius 2 is 1.45 bits per heavy atom. The minimum absolute atomic E-state index is 0.0757. The normalized spacial score (nSPS) is 21.3. The van der Waals surface area contributed by atoms with Gasteiger partial charge < -0.3 is 10.6 Å². The second-order valence-corrected chi connectivity index (χ2v) is 6.97. The van der Waals surface area contributed by atoms with Gasteiger partial charge in [0.1, 0.15) is 0 Å². The van der Waals surface area contributed by atoms with Crippen molar-refractivity contribution in [2.75, 3.05) is 0 Å². The van der Waals surface area contributed by atoms with Crippen molar-refractivity contribution in [3.05, 3.63) is 33.2 Å². The number of thiazole rings is 2. The molecule has 2 amide bonds. The Morgan fingerprint density at radius 3 is 1.86 bits per heavy atom. The molecule has 0 radical (unpaired) electrons. The zero-order valence-electron chi connectivity index (χ0n) is 11.8. The van der Waals surface area contributed by atoms with Crippen LogP contribution in [0, 0.1) is 0 Å². The van der Waals surface area contributed by atoms with E-state index in [4.69, 9.17) is 0 Å². The van der Waals surface area contributed by atoms with Crippen molar-refractivity contribution >= 4 is 34.5 Å². The molecule has 0 aliphatic heterocycles. The monoisotopic (exact) mass is 336 g/mol. The largest absolute Gasteiger partial charge is 0.347 e. The van der Waals surface area contributed by atoms with E-state index in [2.05, 4.69) is 20.6 Å². The van der Waals surface area contributed by atoms with Gasteiger partial charge in [-0.3, -0.25) is 9.59 Å². The van der Waals surface area contributed by atoms with Gasteiger partial charge in [-0.15, -0.1) is 22.7 Å². The van der Waals surface area contributed by atoms with E-state index in [-0.39, 0.29) is 23.9 Å². The van der Waals surface area contributed by atoms with Crippen LogP contribution in [0.25, 0.3) is 0 Å². The van der Waals surface area contributed by atoms with Crippen molar-refractivity contribution in [3.8, 4) is 0 Å². The molecule has 0 spiro atoms. The lowest BCUT2D eigenvalue weighted by atomic mass is 9.91. The third-order valence-electron chi connectivity index (χ3n) is 3.60. The number of hydrogen-bond donors (Lipinski definition) is 2. The van der Waals surface area contributed by atoms with Crippen LogP contribution in [0.5, 0.6) is 0 Å². The molecule has 2 atom stereocenters. The average Bonchev–Trinajstić information content (AvgIpc) is 3.21. The number of rotatable bonds is 4. The molecular weight excluding hydrogens is 320 g/mol. The van der Waals surface area contributed by atoms with E-state index in [9.17, 15) is 9.59 Å². The third kappa shape index (κ3) is 3.69. The fourth-order valence-corrected chi connectivity index (χ4v) is 3.69. The number of aromatic nitrogens is 2. The summed E-state index contributed by atoms with van der Waals surface area (Å²) in [5.74, 6) is -0.265. The van der Waals surface area contributed by atoms with Gasteiger partial charge >= 0.3 is 0 Å². The van der Waals surface area contributed by atoms with Crippen molar-refractivity contribution in [2.24, 2.45) is 0 Å². The zero-order chi connectivity index (χ0) is 15.4. The van der Waals surface area contributed by atoms with Crippen LogP contribution in [0.4, 0.5) is 0 Å². The topological polar surface area (TPSA) is 84.0 Å². The fourth-order valence-electron chi connectivity index (χ4n) is 2.62. The lowest BCUT2D eigenvalue weighted by Crippen LogP contribution is -2.45. The van der Waals surface area contributed by atoms with Crippen LogP contribution in [0.3, 0.4) is 0 Å². The van der Waals surface area contributed by atoms with Crippen LogP contribution in [0.15, 0.2) is 23.2 Å². The maximum Gasteiger partial charge on any atom is 0.280 e. The number of nitrogens with zero attached hydrogens (tertiary/aromatic N) is 2. The highest BCUT2D eigenvalue weighted by atomic mass is 32.1. The molecule has 6 nitrogen and oxygen atoms in total. The van der Waals surface area contributed by atoms with Gasteiger partial charge in [0.2, 0.25) is 0 Å². The Balaban J connectivity index is 1.53. The van der Waals surface area contributed by atoms with Crippen molar-refractivity contribution in [1.29, 1.82) is 0 Å². The Morgan fingerprint density at radius 1 is 0.955 bits per heavy atom. The van der Waals surface area contributed by atoms with Crippen LogP contribution in [0.1, 0.15) is 45.3 Å². The summed E-state index contributed by atoms with van der Waals surface area (Å²) in [6.07, 6.45) is 6.83. The molecule has 2 aromatic rings. The highest BCUT2D eigenvalue weighted by molar-refractivity contribution is 7.11. The minimum Gasteiger partial charge on any atom is -0.347 e. The summed E-state index contributed by atoms with van der Waals surface area (Å²) in [7, 11) is 0. The lowest BCUT2D eigenvalue weighted by Gasteiger charge is -2.29. The summed E-state index contributed by atoms with van der Waals surface area (Å²) >= 11 is 2.66. The van der Waals surface area contributed by atoms with Crippen LogP contribution in [0.2, 0.25) is 0 Å². The van der Waals surface area contributed by atoms with Gasteiger partial charge in [-0.05, 0) is 25.7 Å². The number of carbonyl (C=O) groups excluding carboxylic acids is 2. The smallest absolute Gasteiger partial charge is 0.280 e. The van der Waals surface area contributed by atoms with Crippen LogP contribution in [-0.4, -0.2) is 33.9 Å². The second-order valence-electron chi connectivity index (χ2n) is 5.18. The number of amides is 2. The Bertz CT molecular complexity index is 573. The van der Waals surface area contributed by atoms with Crippen molar-refractivity contribution in [1.82, 2.24) is 20.6 Å². The molecule has 3 rings (SSSR count). The van der Waals surface area contributed by atoms with E-state index in [0.717, 1.165) is 25.7 Å². The quantitative estimate of drug-likeness (QED) is 0.895. The number of hydrogen-bond acceptors (Lipinski definition) is 6. The second kappa shape index (κ2) is 6.97. The van der Waals surface area contributed by atoms with E-state index in [1.807, 2.05) is 0 Å². The van der Waals surface area contributed by atoms with E-state index >= 15 is 0 Å². The third-order valence-corrected chi connectivity index (χ3v) is 5.14. The molecule has 1 fully saturated rings. The van der Waals surface area contributed by atoms with Crippen LogP contribution >= 0.6 is 22.7 Å². The van der Waals surface area contributed by atoms with Crippen molar-refractivity contribution in [2.45, 2.75) is 37.8 Å². The summed E-state index contributed by atoms with van der Waals surface area (Å²) in [6, 6.07) is 0.151. The van der Waals surface area contributed by atoms with Gasteiger partial charge in [0.05, 0.1) is 0 Å². The van der Waals surface area contributed by atoms with Gasteiger partial charge in [-0.1, -0.05) is 0 Å². The van der Waals surface area contributed by atoms with E-state index in [1.54, 1.807) is 23.2 Å². The first-order chi connectivity index (χ1) is 10.7. The van der Waals surface area contributed by atoms with Crippen molar-refractivity contribution < 1.29 is 9.59 Å². The molecule has 8 heteroatoms. The summed E-state index contributed by atoms with van der Waals surface area (Å²) < 4.78 is 0. The van der Waals surface area contributed by atoms with Gasteiger partial charge in [0.15, 0.2) is 10.0 Å². The van der Waals surface area contributed by atoms with Crippen LogP contribution < -0.4 is 10.6 Å². The number of carbonyl (C=O) groups is 2. The molecule has 1 saturated carbocycles. The molecule has 1 aliphatic rings. The number of nitrogens with one attached hydrogen (secondary N) is 2. The molecule has 22 heavy (non-hydrogen) atoms. The first kappa shape index (κ1) is 15.1. The van der Waals surface area contributed by atoms with Crippen molar-refractivity contribution in [3.63, 3.8) is 0 Å². The fraction of sp³-hybridized carbons (Fsp3) is 0.429. The Labute approximate surface area is 136 Å². The molecule has 0 bridgehead atoms. The standard InChI is InChI=1S/C14H16N4O2S2/c19-11(13-15-4-6-21-13)17-9-2-1-3-10(8-9)18-12(20)14-16-5-7-22-14/h4-7,9-10H,1-3,8H2,(H,17,19)(H,18,20). The molecule has 2 N–H and O–H groups in total. The summed E-state index contributed by atoms with van der Waals surface area (Å²) in [5.41, 5.74) is 0. The molecule has 0 aromatic carbocycles. The molecule has 0 saturated heterocycles. The van der Waals surface area contributed by atoms with E-state index in [1.165, 1.54) is 22.7 Å². The predicted octanol–water partition coefficient (Wildman–Crippen LogP) is 2.07. The summed E-state index contributed by atoms with van der Waals surface area (Å²) in [5, 5.41) is 10.5. The molecule has 2 unspecified atom stereocenters. The highest BCUT2D eigenvalue weighted by Gasteiger charge is 2.26. The molecular formula is C14H16N4O2S2. The molecule has 2 aromatic heterocycles. The van der Waals surface area contributed by atoms with E-state index in [0.29, 0.717) is 10.0 Å². The van der Waals surface area contributed by atoms with E-state index < -0.39 is 0 Å². The van der Waals surface area contributed by atoms with Crippen LogP contribution in [-0.2, 0) is 0 Å². The SMILES string of the molecule is O=C(NC1CCCC(NC(=O)c2nccs2)C1)c1nccs1. The lowest BCUT2D eigenvalue weighted by molar-refractivity contribution is 0.0902. The Kier molecular flexibility index (Phi) is 4.79. The van der Waals surface area contributed by atoms with Gasteiger partial charge in [0.25, 0.3) is 11.8 Å². The maximum atomic E-state index is 12.0.